The van der Waals surface area contributed by atoms with Gasteiger partial charge in [0.25, 0.3) is 0 Å². The quantitative estimate of drug-likeness (QED) is 0.0743. The lowest BCUT2D eigenvalue weighted by Gasteiger charge is -2.17. The summed E-state index contributed by atoms with van der Waals surface area (Å²) in [4.78, 5) is 11.8. The maximum absolute atomic E-state index is 13.0. The predicted molar refractivity (Wildman–Crippen MR) is 165 cm³/mol. The Morgan fingerprint density at radius 2 is 1.44 bits per heavy atom. The van der Waals surface area contributed by atoms with Crippen LogP contribution in [-0.4, -0.2) is 18.6 Å². The van der Waals surface area contributed by atoms with Crippen molar-refractivity contribution < 1.29 is 32.5 Å². The van der Waals surface area contributed by atoms with Gasteiger partial charge in [-0.3, -0.25) is 4.89 Å². The summed E-state index contributed by atoms with van der Waals surface area (Å²) in [5, 5.41) is 0. The molecule has 0 fully saturated rings. The molecule has 41 heavy (non-hydrogen) atoms. The predicted octanol–water partition coefficient (Wildman–Crippen LogP) is 9.04. The Balaban J connectivity index is 1.44. The lowest BCUT2D eigenvalue weighted by atomic mass is 10.1. The van der Waals surface area contributed by atoms with Crippen molar-refractivity contribution in [2.45, 2.75) is 97.4 Å². The number of hydrogen-bond donors (Lipinski definition) is 1. The second kappa shape index (κ2) is 18.1. The van der Waals surface area contributed by atoms with Crippen molar-refractivity contribution in [3.63, 3.8) is 0 Å². The molecular formula is C32H47NO6PS+. The van der Waals surface area contributed by atoms with Crippen LogP contribution in [0.5, 0.6) is 23.0 Å². The normalized spacial score (nSPS) is 12.6. The van der Waals surface area contributed by atoms with Crippen LogP contribution in [0.2, 0.25) is 0 Å². The van der Waals surface area contributed by atoms with Crippen molar-refractivity contribution in [2.24, 2.45) is 0 Å². The summed E-state index contributed by atoms with van der Waals surface area (Å²) in [6.45, 7) is 5.36. The van der Waals surface area contributed by atoms with E-state index in [0.717, 1.165) is 18.4 Å². The van der Waals surface area contributed by atoms with E-state index in [1.54, 1.807) is 41.7 Å². The molecule has 3 aromatic rings. The van der Waals surface area contributed by atoms with Gasteiger partial charge in [-0.2, -0.15) is 4.57 Å². The van der Waals surface area contributed by atoms with Gasteiger partial charge >= 0.3 is 7.82 Å². The highest BCUT2D eigenvalue weighted by Gasteiger charge is 2.27. The van der Waals surface area contributed by atoms with Crippen LogP contribution in [0, 0.1) is 6.92 Å². The summed E-state index contributed by atoms with van der Waals surface area (Å²) in [6.07, 6.45) is 17.4. The van der Waals surface area contributed by atoms with Crippen molar-refractivity contribution in [3.05, 3.63) is 64.6 Å². The molecule has 2 aromatic carbocycles. The number of nitrogens with zero attached hydrogens (tertiary/aromatic N) is 1. The fourth-order valence-electron chi connectivity index (χ4n) is 4.66. The Hall–Kier alpha value is -2.54. The van der Waals surface area contributed by atoms with Gasteiger partial charge in [0.2, 0.25) is 5.51 Å². The van der Waals surface area contributed by atoms with E-state index in [4.69, 9.17) is 18.5 Å². The van der Waals surface area contributed by atoms with Crippen molar-refractivity contribution in [1.29, 1.82) is 0 Å². The lowest BCUT2D eigenvalue weighted by Crippen LogP contribution is -2.30. The van der Waals surface area contributed by atoms with Crippen LogP contribution in [-0.2, 0) is 11.1 Å². The molecular weight excluding hydrogens is 557 g/mol. The molecule has 0 amide bonds. The molecule has 1 unspecified atom stereocenters. The number of aryl methyl sites for hydroxylation is 1. The molecule has 1 aromatic heterocycles. The number of ether oxygens (including phenoxy) is 2. The first-order valence-electron chi connectivity index (χ1n) is 14.9. The third-order valence-corrected chi connectivity index (χ3v) is 8.56. The zero-order chi connectivity index (χ0) is 29.3. The van der Waals surface area contributed by atoms with E-state index in [2.05, 4.69) is 6.92 Å². The van der Waals surface area contributed by atoms with E-state index < -0.39 is 7.82 Å². The van der Waals surface area contributed by atoms with E-state index in [9.17, 15) is 9.46 Å². The number of methoxy groups -OCH3 is 1. The number of phosphoric ester groups is 1. The monoisotopic (exact) mass is 604 g/mol. The third-order valence-electron chi connectivity index (χ3n) is 6.84. The van der Waals surface area contributed by atoms with E-state index >= 15 is 0 Å². The number of unbranched alkanes of at least 4 members (excludes halogenated alkanes) is 11. The second-order valence-corrected chi connectivity index (χ2v) is 12.9. The summed E-state index contributed by atoms with van der Waals surface area (Å²) in [5.74, 6) is 1.42. The summed E-state index contributed by atoms with van der Waals surface area (Å²) >= 11 is 1.63. The highest BCUT2D eigenvalue weighted by molar-refractivity contribution is 7.48. The molecule has 0 saturated heterocycles. The number of benzene rings is 2. The van der Waals surface area contributed by atoms with Crippen molar-refractivity contribution >= 4 is 19.2 Å². The summed E-state index contributed by atoms with van der Waals surface area (Å²) in [5.41, 5.74) is 2.76. The van der Waals surface area contributed by atoms with Crippen LogP contribution in [0.1, 0.15) is 94.4 Å². The molecule has 0 spiro atoms. The highest BCUT2D eigenvalue weighted by atomic mass is 32.1. The molecule has 1 atom stereocenters. The van der Waals surface area contributed by atoms with Gasteiger partial charge in [-0.25, -0.2) is 4.57 Å². The van der Waals surface area contributed by atoms with Crippen LogP contribution in [0.3, 0.4) is 0 Å². The molecule has 0 aliphatic rings. The minimum Gasteiger partial charge on any atom is -0.496 e. The fourth-order valence-corrected chi connectivity index (χ4v) is 6.13. The molecule has 0 radical (unpaired) electrons. The summed E-state index contributed by atoms with van der Waals surface area (Å²) < 4.78 is 37.2. The average molecular weight is 605 g/mol. The van der Waals surface area contributed by atoms with Crippen LogP contribution < -0.4 is 23.1 Å². The van der Waals surface area contributed by atoms with Gasteiger partial charge in [0.05, 0.1) is 24.2 Å². The van der Waals surface area contributed by atoms with Gasteiger partial charge in [0.15, 0.2) is 12.7 Å². The first-order valence-corrected chi connectivity index (χ1v) is 17.3. The minimum atomic E-state index is -4.49. The van der Waals surface area contributed by atoms with E-state index in [1.807, 2.05) is 35.3 Å². The maximum Gasteiger partial charge on any atom is 0.584 e. The molecule has 1 N–H and O–H groups in total. The Labute approximate surface area is 250 Å². The van der Waals surface area contributed by atoms with Crippen molar-refractivity contribution in [3.8, 4) is 23.0 Å². The standard InChI is InChI=1S/C32H46NO6PS/c1-4-5-6-7-8-9-10-11-12-13-14-17-20-37-30-21-29(36-3)22-31(23-30)38-40(34,35)39-32-19-16-15-18-28(32)25-33-24-27(2)41-26-33/h15-16,18-19,21-24,26H,4-14,17,20,25H2,1-3H3/p+1. The molecule has 9 heteroatoms. The molecule has 7 nitrogen and oxygen atoms in total. The van der Waals surface area contributed by atoms with Gasteiger partial charge in [-0.05, 0) is 25.5 Å². The maximum atomic E-state index is 13.0. The number of aromatic nitrogens is 1. The van der Waals surface area contributed by atoms with Crippen LogP contribution in [0.25, 0.3) is 0 Å². The van der Waals surface area contributed by atoms with Gasteiger partial charge in [0.1, 0.15) is 23.0 Å². The first-order chi connectivity index (χ1) is 19.9. The van der Waals surface area contributed by atoms with E-state index in [0.29, 0.717) is 30.4 Å². The molecule has 0 saturated carbocycles. The van der Waals surface area contributed by atoms with Crippen molar-refractivity contribution in [1.82, 2.24) is 0 Å². The van der Waals surface area contributed by atoms with Gasteiger partial charge < -0.3 is 18.5 Å². The SMILES string of the molecule is CCCCCCCCCCCCCCOc1cc(OC)cc(OP(=O)(O)Oc2ccccc2C[n+]2csc(C)c2)c1. The smallest absolute Gasteiger partial charge is 0.496 e. The van der Waals surface area contributed by atoms with Gasteiger partial charge in [-0.1, -0.05) is 101 Å². The Bertz CT molecular complexity index is 1220. The van der Waals surface area contributed by atoms with Crippen LogP contribution >= 0.6 is 19.2 Å². The fraction of sp³-hybridized carbons (Fsp3) is 0.531. The number of rotatable bonds is 21. The minimum absolute atomic E-state index is 0.139. The molecule has 0 aliphatic carbocycles. The number of thiazole rings is 1. The Morgan fingerprint density at radius 3 is 2.07 bits per heavy atom. The number of phosphoric acid groups is 1. The Kier molecular flexibility index (Phi) is 14.5. The van der Waals surface area contributed by atoms with Gasteiger partial charge in [0, 0.05) is 18.2 Å². The number of para-hydroxylation sites is 1. The number of hydrogen-bond acceptors (Lipinski definition) is 6. The summed E-state index contributed by atoms with van der Waals surface area (Å²) in [6, 6.07) is 12.0. The molecule has 1 heterocycles. The van der Waals surface area contributed by atoms with Crippen molar-refractivity contribution in [2.75, 3.05) is 13.7 Å². The second-order valence-electron chi connectivity index (χ2n) is 10.5. The summed E-state index contributed by atoms with van der Waals surface area (Å²) in [7, 11) is -2.96. The van der Waals surface area contributed by atoms with E-state index in [-0.39, 0.29) is 5.75 Å². The zero-order valence-electron chi connectivity index (χ0n) is 24.9. The molecule has 0 bridgehead atoms. The Morgan fingerprint density at radius 1 is 0.829 bits per heavy atom. The lowest BCUT2D eigenvalue weighted by molar-refractivity contribution is -0.683. The first kappa shape index (κ1) is 33.0. The van der Waals surface area contributed by atoms with E-state index in [1.165, 1.54) is 76.2 Å². The van der Waals surface area contributed by atoms with Gasteiger partial charge in [-0.15, -0.1) is 0 Å². The largest absolute Gasteiger partial charge is 0.584 e. The molecule has 226 valence electrons. The van der Waals surface area contributed by atoms with Crippen LogP contribution in [0.15, 0.2) is 54.2 Å². The topological polar surface area (TPSA) is 78.1 Å². The molecule has 0 aliphatic heterocycles. The third kappa shape index (κ3) is 12.9. The zero-order valence-corrected chi connectivity index (χ0v) is 26.6. The highest BCUT2D eigenvalue weighted by Crippen LogP contribution is 2.46. The average Bonchev–Trinajstić information content (AvgIpc) is 3.36. The van der Waals surface area contributed by atoms with Crippen LogP contribution in [0.4, 0.5) is 0 Å². The molecule has 3 rings (SSSR count).